The Balaban J connectivity index is 2.08. The van der Waals surface area contributed by atoms with Gasteiger partial charge in [-0.3, -0.25) is 4.79 Å². The van der Waals surface area contributed by atoms with E-state index in [1.165, 1.54) is 12.8 Å². The molecule has 6 nitrogen and oxygen atoms in total. The molecule has 2 rings (SSSR count). The van der Waals surface area contributed by atoms with E-state index in [1.807, 2.05) is 18.0 Å². The summed E-state index contributed by atoms with van der Waals surface area (Å²) in [5, 5.41) is 9.00. The van der Waals surface area contributed by atoms with Crippen molar-refractivity contribution in [1.29, 1.82) is 0 Å². The lowest BCUT2D eigenvalue weighted by molar-refractivity contribution is -0.140. The van der Waals surface area contributed by atoms with Gasteiger partial charge in [0.2, 0.25) is 0 Å². The Labute approximate surface area is 125 Å². The summed E-state index contributed by atoms with van der Waals surface area (Å²) in [6, 6.07) is 1.95. The van der Waals surface area contributed by atoms with E-state index in [-0.39, 0.29) is 0 Å². The molecule has 2 atom stereocenters. The molecule has 0 spiro atoms. The Morgan fingerprint density at radius 3 is 3.00 bits per heavy atom. The summed E-state index contributed by atoms with van der Waals surface area (Å²) in [6.07, 6.45) is 4.02. The van der Waals surface area contributed by atoms with E-state index in [9.17, 15) is 4.79 Å². The lowest BCUT2D eigenvalue weighted by Gasteiger charge is -2.32. The number of carboxylic acid groups (broad SMARTS) is 1. The van der Waals surface area contributed by atoms with Gasteiger partial charge in [0.05, 0.1) is 5.92 Å². The van der Waals surface area contributed by atoms with Crippen LogP contribution in [0, 0.1) is 11.8 Å². The fourth-order valence-electron chi connectivity index (χ4n) is 2.70. The molecule has 0 amide bonds. The van der Waals surface area contributed by atoms with Gasteiger partial charge in [0.25, 0.3) is 0 Å². The predicted molar refractivity (Wildman–Crippen MR) is 82.7 cm³/mol. The largest absolute Gasteiger partial charge is 0.481 e. The van der Waals surface area contributed by atoms with Crippen LogP contribution in [0.5, 0.6) is 0 Å². The zero-order valence-corrected chi connectivity index (χ0v) is 13.0. The zero-order valence-electron chi connectivity index (χ0n) is 13.0. The molecular formula is C15H24N4O2. The van der Waals surface area contributed by atoms with Crippen LogP contribution in [0.25, 0.3) is 0 Å². The topological polar surface area (TPSA) is 69.6 Å². The second kappa shape index (κ2) is 6.74. The molecule has 116 valence electrons. The Morgan fingerprint density at radius 2 is 2.33 bits per heavy atom. The van der Waals surface area contributed by atoms with E-state index < -0.39 is 11.9 Å². The third kappa shape index (κ3) is 4.06. The summed E-state index contributed by atoms with van der Waals surface area (Å²) in [5.41, 5.74) is 0. The Bertz CT molecular complexity index is 494. The second-order valence-corrected chi connectivity index (χ2v) is 6.05. The van der Waals surface area contributed by atoms with Gasteiger partial charge in [0.15, 0.2) is 0 Å². The highest BCUT2D eigenvalue weighted by Crippen LogP contribution is 2.23. The molecule has 1 aromatic rings. The lowest BCUT2D eigenvalue weighted by Crippen LogP contribution is -2.35. The summed E-state index contributed by atoms with van der Waals surface area (Å²) < 4.78 is 0. The van der Waals surface area contributed by atoms with Crippen molar-refractivity contribution in [3.05, 3.63) is 12.4 Å². The van der Waals surface area contributed by atoms with Crippen LogP contribution in [0.3, 0.4) is 0 Å². The first-order valence-corrected chi connectivity index (χ1v) is 7.48. The predicted octanol–water partition coefficient (Wildman–Crippen LogP) is 1.87. The van der Waals surface area contributed by atoms with E-state index in [4.69, 9.17) is 5.11 Å². The average molecular weight is 292 g/mol. The highest BCUT2D eigenvalue weighted by Gasteiger charge is 2.19. The minimum Gasteiger partial charge on any atom is -0.481 e. The van der Waals surface area contributed by atoms with Gasteiger partial charge >= 0.3 is 5.97 Å². The molecule has 21 heavy (non-hydrogen) atoms. The molecule has 0 aliphatic carbocycles. The summed E-state index contributed by atoms with van der Waals surface area (Å²) in [5.74, 6) is 1.17. The normalized spacial score (nSPS) is 20.1. The van der Waals surface area contributed by atoms with E-state index in [1.54, 1.807) is 13.3 Å². The van der Waals surface area contributed by atoms with Crippen molar-refractivity contribution in [2.45, 2.75) is 26.7 Å². The number of hydrogen-bond donors (Lipinski definition) is 1. The molecule has 1 aliphatic rings. The molecule has 0 saturated carbocycles. The number of carboxylic acids is 1. The van der Waals surface area contributed by atoms with Gasteiger partial charge in [0, 0.05) is 32.7 Å². The quantitative estimate of drug-likeness (QED) is 0.893. The Kier molecular flexibility index (Phi) is 4.98. The first-order valence-electron chi connectivity index (χ1n) is 7.48. The summed E-state index contributed by atoms with van der Waals surface area (Å²) in [6.45, 7) is 6.44. The minimum absolute atomic E-state index is 0.427. The minimum atomic E-state index is -0.791. The summed E-state index contributed by atoms with van der Waals surface area (Å²) >= 11 is 0. The Morgan fingerprint density at radius 1 is 1.57 bits per heavy atom. The van der Waals surface area contributed by atoms with Crippen molar-refractivity contribution >= 4 is 17.6 Å². The molecule has 1 N–H and O–H groups in total. The van der Waals surface area contributed by atoms with Crippen molar-refractivity contribution in [3.8, 4) is 0 Å². The number of aromatic nitrogens is 2. The molecule has 1 aliphatic heterocycles. The van der Waals surface area contributed by atoms with Gasteiger partial charge in [0.1, 0.15) is 18.0 Å². The van der Waals surface area contributed by atoms with Gasteiger partial charge in [-0.25, -0.2) is 9.97 Å². The fraction of sp³-hybridized carbons (Fsp3) is 0.667. The number of nitrogens with zero attached hydrogens (tertiary/aromatic N) is 4. The number of hydrogen-bond acceptors (Lipinski definition) is 5. The van der Waals surface area contributed by atoms with Gasteiger partial charge in [-0.05, 0) is 18.8 Å². The average Bonchev–Trinajstić information content (AvgIpc) is 2.47. The zero-order chi connectivity index (χ0) is 15.4. The van der Waals surface area contributed by atoms with Crippen LogP contribution in [0.1, 0.15) is 26.7 Å². The highest BCUT2D eigenvalue weighted by molar-refractivity contribution is 5.70. The molecule has 1 fully saturated rings. The molecule has 0 aromatic carbocycles. The SMILES string of the molecule is CC1CCCN(c2cc(N(C)CC(C)C(=O)O)ncn2)C1. The van der Waals surface area contributed by atoms with Crippen molar-refractivity contribution in [2.24, 2.45) is 11.8 Å². The van der Waals surface area contributed by atoms with Crippen LogP contribution in [0.4, 0.5) is 11.6 Å². The molecule has 2 unspecified atom stereocenters. The monoisotopic (exact) mass is 292 g/mol. The molecule has 0 bridgehead atoms. The van der Waals surface area contributed by atoms with Crippen LogP contribution < -0.4 is 9.80 Å². The molecule has 0 radical (unpaired) electrons. The lowest BCUT2D eigenvalue weighted by atomic mass is 10.0. The van der Waals surface area contributed by atoms with Crippen molar-refractivity contribution in [3.63, 3.8) is 0 Å². The molecule has 2 heterocycles. The number of aliphatic carboxylic acids is 1. The summed E-state index contributed by atoms with van der Waals surface area (Å²) in [7, 11) is 1.87. The van der Waals surface area contributed by atoms with E-state index >= 15 is 0 Å². The van der Waals surface area contributed by atoms with Crippen LogP contribution >= 0.6 is 0 Å². The second-order valence-electron chi connectivity index (χ2n) is 6.05. The van der Waals surface area contributed by atoms with Gasteiger partial charge in [-0.1, -0.05) is 13.8 Å². The molecular weight excluding hydrogens is 268 g/mol. The van der Waals surface area contributed by atoms with Crippen molar-refractivity contribution in [1.82, 2.24) is 9.97 Å². The van der Waals surface area contributed by atoms with Crippen LogP contribution in [-0.4, -0.2) is 47.7 Å². The van der Waals surface area contributed by atoms with E-state index in [0.29, 0.717) is 12.5 Å². The maximum Gasteiger partial charge on any atom is 0.308 e. The van der Waals surface area contributed by atoms with Crippen LogP contribution in [-0.2, 0) is 4.79 Å². The smallest absolute Gasteiger partial charge is 0.308 e. The number of rotatable bonds is 5. The maximum atomic E-state index is 10.9. The van der Waals surface area contributed by atoms with Crippen molar-refractivity contribution in [2.75, 3.05) is 36.5 Å². The van der Waals surface area contributed by atoms with Crippen LogP contribution in [0.15, 0.2) is 12.4 Å². The Hall–Kier alpha value is -1.85. The third-order valence-electron chi connectivity index (χ3n) is 3.98. The molecule has 1 aromatic heterocycles. The first kappa shape index (κ1) is 15.5. The molecule has 6 heteroatoms. The standard InChI is InChI=1S/C15H24N4O2/c1-11-5-4-6-19(8-11)14-7-13(16-10-17-14)18(3)9-12(2)15(20)21/h7,10-12H,4-6,8-9H2,1-3H3,(H,20,21). The number of carbonyl (C=O) groups is 1. The van der Waals surface area contributed by atoms with E-state index in [0.717, 1.165) is 24.7 Å². The molecule has 1 saturated heterocycles. The fourth-order valence-corrected chi connectivity index (χ4v) is 2.70. The number of anilines is 2. The van der Waals surface area contributed by atoms with Gasteiger partial charge in [-0.15, -0.1) is 0 Å². The van der Waals surface area contributed by atoms with Crippen LogP contribution in [0.2, 0.25) is 0 Å². The summed E-state index contributed by atoms with van der Waals surface area (Å²) in [4.78, 5) is 23.7. The van der Waals surface area contributed by atoms with E-state index in [2.05, 4.69) is 21.8 Å². The van der Waals surface area contributed by atoms with Gasteiger partial charge in [-0.2, -0.15) is 0 Å². The highest BCUT2D eigenvalue weighted by atomic mass is 16.4. The maximum absolute atomic E-state index is 10.9. The third-order valence-corrected chi connectivity index (χ3v) is 3.98. The van der Waals surface area contributed by atoms with Gasteiger partial charge < -0.3 is 14.9 Å². The van der Waals surface area contributed by atoms with Crippen molar-refractivity contribution < 1.29 is 9.90 Å². The number of piperidine rings is 1. The first-order chi connectivity index (χ1) is 9.97.